The number of ketones is 1. The number of benzene rings is 1. The molecule has 2 aromatic rings. The SMILES string of the molecule is CC(=O)CN1CC2(CCN(C(=O)c3ccccn3)CC2)COc2ccccc2S1(=O)=O. The second-order valence-corrected chi connectivity index (χ2v) is 10.1. The number of Topliss-reactive ketones (excluding diaryl/α,β-unsaturated/α-hetero) is 1. The van der Waals surface area contributed by atoms with Gasteiger partial charge < -0.3 is 9.64 Å². The molecule has 0 saturated carbocycles. The van der Waals surface area contributed by atoms with Gasteiger partial charge in [-0.1, -0.05) is 18.2 Å². The molecule has 0 bridgehead atoms. The van der Waals surface area contributed by atoms with E-state index in [4.69, 9.17) is 4.74 Å². The van der Waals surface area contributed by atoms with E-state index in [-0.39, 0.29) is 29.7 Å². The highest BCUT2D eigenvalue weighted by Crippen LogP contribution is 2.39. The standard InChI is InChI=1S/C22H25N3O5S/c1-17(26)14-25-15-22(16-30-19-7-2-3-8-20(19)31(25,28)29)9-12-24(13-10-22)21(27)18-6-4-5-11-23-18/h2-8,11H,9-10,12-16H2,1H3. The number of nitrogens with zero attached hydrogens (tertiary/aromatic N) is 3. The van der Waals surface area contributed by atoms with Crippen LogP contribution in [0.2, 0.25) is 0 Å². The Morgan fingerprint density at radius 2 is 1.81 bits per heavy atom. The zero-order valence-electron chi connectivity index (χ0n) is 17.4. The summed E-state index contributed by atoms with van der Waals surface area (Å²) in [6.07, 6.45) is 2.72. The molecule has 2 aliphatic rings. The number of likely N-dealkylation sites (tertiary alicyclic amines) is 1. The summed E-state index contributed by atoms with van der Waals surface area (Å²) in [6.45, 7) is 2.63. The van der Waals surface area contributed by atoms with Gasteiger partial charge in [0.1, 0.15) is 22.1 Å². The summed E-state index contributed by atoms with van der Waals surface area (Å²) < 4.78 is 33.9. The van der Waals surface area contributed by atoms with Gasteiger partial charge in [-0.3, -0.25) is 14.6 Å². The second-order valence-electron chi connectivity index (χ2n) is 8.22. The first kappa shape index (κ1) is 21.5. The van der Waals surface area contributed by atoms with Crippen molar-refractivity contribution in [2.45, 2.75) is 24.7 Å². The van der Waals surface area contributed by atoms with Crippen LogP contribution in [-0.4, -0.2) is 67.1 Å². The van der Waals surface area contributed by atoms with Crippen LogP contribution in [0.3, 0.4) is 0 Å². The first-order valence-corrected chi connectivity index (χ1v) is 11.7. The van der Waals surface area contributed by atoms with Crippen LogP contribution < -0.4 is 4.74 Å². The summed E-state index contributed by atoms with van der Waals surface area (Å²) in [5, 5.41) is 0. The molecule has 1 aromatic carbocycles. The lowest BCUT2D eigenvalue weighted by molar-refractivity contribution is -0.117. The molecule has 0 aliphatic carbocycles. The van der Waals surface area contributed by atoms with Crippen LogP contribution in [-0.2, 0) is 14.8 Å². The average molecular weight is 444 g/mol. The van der Waals surface area contributed by atoms with Gasteiger partial charge in [0, 0.05) is 31.2 Å². The largest absolute Gasteiger partial charge is 0.492 e. The fourth-order valence-corrected chi connectivity index (χ4v) is 5.89. The number of carbonyl (C=O) groups is 2. The van der Waals surface area contributed by atoms with Crippen LogP contribution in [0.1, 0.15) is 30.3 Å². The van der Waals surface area contributed by atoms with Crippen LogP contribution >= 0.6 is 0 Å². The molecule has 0 radical (unpaired) electrons. The van der Waals surface area contributed by atoms with Gasteiger partial charge in [-0.15, -0.1) is 0 Å². The number of pyridine rings is 1. The predicted octanol–water partition coefficient (Wildman–Crippen LogP) is 1.98. The Kier molecular flexibility index (Phi) is 5.81. The average Bonchev–Trinajstić information content (AvgIpc) is 2.77. The lowest BCUT2D eigenvalue weighted by Crippen LogP contribution is -2.53. The van der Waals surface area contributed by atoms with Crippen molar-refractivity contribution in [3.05, 3.63) is 54.4 Å². The molecule has 4 rings (SSSR count). The Balaban J connectivity index is 1.59. The minimum absolute atomic E-state index is 0.0777. The Morgan fingerprint density at radius 1 is 1.10 bits per heavy atom. The van der Waals surface area contributed by atoms with Gasteiger partial charge in [-0.25, -0.2) is 8.42 Å². The van der Waals surface area contributed by atoms with E-state index in [0.717, 1.165) is 0 Å². The smallest absolute Gasteiger partial charge is 0.272 e. The van der Waals surface area contributed by atoms with Crippen molar-refractivity contribution >= 4 is 21.7 Å². The van der Waals surface area contributed by atoms with Crippen LogP contribution in [0.25, 0.3) is 0 Å². The third kappa shape index (κ3) is 4.33. The lowest BCUT2D eigenvalue weighted by Gasteiger charge is -2.44. The number of carbonyl (C=O) groups excluding carboxylic acids is 2. The molecule has 2 aliphatic heterocycles. The zero-order chi connectivity index (χ0) is 22.1. The van der Waals surface area contributed by atoms with Gasteiger partial charge in [0.15, 0.2) is 0 Å². The molecule has 1 aromatic heterocycles. The predicted molar refractivity (Wildman–Crippen MR) is 113 cm³/mol. The van der Waals surface area contributed by atoms with E-state index < -0.39 is 15.4 Å². The normalized spacial score (nSPS) is 20.2. The molecule has 9 heteroatoms. The summed E-state index contributed by atoms with van der Waals surface area (Å²) >= 11 is 0. The van der Waals surface area contributed by atoms with Crippen LogP contribution in [0.15, 0.2) is 53.6 Å². The minimum atomic E-state index is -3.89. The molecule has 1 saturated heterocycles. The van der Waals surface area contributed by atoms with Crippen molar-refractivity contribution in [1.82, 2.24) is 14.2 Å². The summed E-state index contributed by atoms with van der Waals surface area (Å²) in [7, 11) is -3.89. The fraction of sp³-hybridized carbons (Fsp3) is 0.409. The van der Waals surface area contributed by atoms with Crippen LogP contribution in [0, 0.1) is 5.41 Å². The first-order valence-electron chi connectivity index (χ1n) is 10.2. The monoisotopic (exact) mass is 443 g/mol. The quantitative estimate of drug-likeness (QED) is 0.720. The Labute approximate surface area is 181 Å². The number of para-hydroxylation sites is 1. The van der Waals surface area contributed by atoms with Crippen molar-refractivity contribution in [2.24, 2.45) is 5.41 Å². The fourth-order valence-electron chi connectivity index (χ4n) is 4.18. The highest BCUT2D eigenvalue weighted by Gasteiger charge is 2.43. The van der Waals surface area contributed by atoms with Gasteiger partial charge in [-0.2, -0.15) is 4.31 Å². The van der Waals surface area contributed by atoms with Gasteiger partial charge in [0.2, 0.25) is 10.0 Å². The molecule has 3 heterocycles. The number of sulfonamides is 1. The maximum atomic E-state index is 13.3. The Bertz CT molecular complexity index is 1080. The third-order valence-electron chi connectivity index (χ3n) is 5.91. The molecule has 0 N–H and O–H groups in total. The van der Waals surface area contributed by atoms with E-state index in [9.17, 15) is 18.0 Å². The van der Waals surface area contributed by atoms with Gasteiger partial charge >= 0.3 is 0 Å². The van der Waals surface area contributed by atoms with E-state index in [1.165, 1.54) is 17.3 Å². The van der Waals surface area contributed by atoms with Crippen molar-refractivity contribution in [1.29, 1.82) is 0 Å². The van der Waals surface area contributed by atoms with Gasteiger partial charge in [-0.05, 0) is 44.0 Å². The van der Waals surface area contributed by atoms with E-state index in [1.54, 1.807) is 47.5 Å². The van der Waals surface area contributed by atoms with E-state index >= 15 is 0 Å². The molecule has 164 valence electrons. The number of rotatable bonds is 3. The number of hydrogen-bond acceptors (Lipinski definition) is 6. The maximum absolute atomic E-state index is 13.3. The van der Waals surface area contributed by atoms with Gasteiger partial charge in [0.25, 0.3) is 5.91 Å². The number of hydrogen-bond donors (Lipinski definition) is 0. The van der Waals surface area contributed by atoms with Crippen LogP contribution in [0.5, 0.6) is 5.75 Å². The highest BCUT2D eigenvalue weighted by molar-refractivity contribution is 7.89. The van der Waals surface area contributed by atoms with E-state index in [1.807, 2.05) is 0 Å². The Morgan fingerprint density at radius 3 is 2.48 bits per heavy atom. The topological polar surface area (TPSA) is 96.9 Å². The molecule has 1 amide bonds. The molecule has 31 heavy (non-hydrogen) atoms. The molecule has 1 fully saturated rings. The number of aromatic nitrogens is 1. The zero-order valence-corrected chi connectivity index (χ0v) is 18.2. The maximum Gasteiger partial charge on any atom is 0.272 e. The first-order chi connectivity index (χ1) is 14.8. The summed E-state index contributed by atoms with van der Waals surface area (Å²) in [4.78, 5) is 30.6. The number of piperidine rings is 1. The molecule has 0 unspecified atom stereocenters. The van der Waals surface area contributed by atoms with Crippen LogP contribution in [0.4, 0.5) is 0 Å². The Hall–Kier alpha value is -2.78. The van der Waals surface area contributed by atoms with Crippen molar-refractivity contribution in [3.8, 4) is 5.75 Å². The van der Waals surface area contributed by atoms with Crippen molar-refractivity contribution in [2.75, 3.05) is 32.8 Å². The second kappa shape index (κ2) is 8.39. The molecular weight excluding hydrogens is 418 g/mol. The summed E-state index contributed by atoms with van der Waals surface area (Å²) in [6, 6.07) is 11.7. The molecular formula is C22H25N3O5S. The molecule has 0 atom stereocenters. The molecule has 1 spiro atoms. The van der Waals surface area contributed by atoms with Gasteiger partial charge in [0.05, 0.1) is 13.2 Å². The van der Waals surface area contributed by atoms with E-state index in [2.05, 4.69) is 4.98 Å². The summed E-state index contributed by atoms with van der Waals surface area (Å²) in [5.74, 6) is -0.0663. The number of ether oxygens (including phenoxy) is 1. The van der Waals surface area contributed by atoms with Crippen molar-refractivity contribution in [3.63, 3.8) is 0 Å². The molecule has 8 nitrogen and oxygen atoms in total. The highest BCUT2D eigenvalue weighted by atomic mass is 32.2. The third-order valence-corrected chi connectivity index (χ3v) is 7.74. The minimum Gasteiger partial charge on any atom is -0.492 e. The van der Waals surface area contributed by atoms with Crippen molar-refractivity contribution < 1.29 is 22.7 Å². The number of fused-ring (bicyclic) bond motifs is 1. The number of amides is 1. The summed E-state index contributed by atoms with van der Waals surface area (Å²) in [5.41, 5.74) is -0.0983. The van der Waals surface area contributed by atoms with E-state index in [0.29, 0.717) is 44.0 Å². The lowest BCUT2D eigenvalue weighted by atomic mass is 9.78.